The van der Waals surface area contributed by atoms with E-state index in [1.807, 2.05) is 10.3 Å². The van der Waals surface area contributed by atoms with Gasteiger partial charge in [0.05, 0.1) is 12.5 Å². The maximum Gasteiger partial charge on any atom is 0.226 e. The number of piperidine rings is 1. The Kier molecular flexibility index (Phi) is 5.98. The molecule has 2 amide bonds. The molecule has 0 spiro atoms. The molecule has 5 nitrogen and oxygen atoms in total. The Hall–Kier alpha value is -2.28. The normalized spacial score (nSPS) is 16.3. The van der Waals surface area contributed by atoms with Crippen LogP contribution in [0.25, 0.3) is 0 Å². The van der Waals surface area contributed by atoms with Crippen LogP contribution in [0.1, 0.15) is 36.4 Å². The van der Waals surface area contributed by atoms with Gasteiger partial charge >= 0.3 is 0 Å². The van der Waals surface area contributed by atoms with Gasteiger partial charge in [0.25, 0.3) is 0 Å². The summed E-state index contributed by atoms with van der Waals surface area (Å²) in [6.07, 6.45) is 3.67. The van der Waals surface area contributed by atoms with Crippen LogP contribution in [0.3, 0.4) is 0 Å². The second-order valence-corrected chi connectivity index (χ2v) is 7.50. The van der Waals surface area contributed by atoms with Gasteiger partial charge < -0.3 is 10.2 Å². The number of carbonyl (C=O) groups is 2. The molecule has 2 heterocycles. The third-order valence-electron chi connectivity index (χ3n) is 4.71. The summed E-state index contributed by atoms with van der Waals surface area (Å²) < 4.78 is 13.0. The van der Waals surface area contributed by atoms with Gasteiger partial charge in [0.15, 0.2) is 0 Å². The van der Waals surface area contributed by atoms with E-state index in [1.165, 1.54) is 30.4 Å². The number of halogens is 1. The van der Waals surface area contributed by atoms with E-state index >= 15 is 0 Å². The molecule has 26 heavy (non-hydrogen) atoms. The molecular weight excluding hydrogens is 353 g/mol. The zero-order valence-electron chi connectivity index (χ0n) is 14.7. The van der Waals surface area contributed by atoms with E-state index < -0.39 is 0 Å². The first-order valence-corrected chi connectivity index (χ1v) is 9.59. The fourth-order valence-electron chi connectivity index (χ4n) is 3.36. The van der Waals surface area contributed by atoms with E-state index in [1.54, 1.807) is 18.3 Å². The molecule has 0 radical (unpaired) electrons. The Balaban J connectivity index is 1.58. The zero-order chi connectivity index (χ0) is 18.5. The SMILES string of the molecule is CC(=O)NC(c1nccs1)C1CCN(C(=O)Cc2ccc(F)cc2)CC1. The van der Waals surface area contributed by atoms with Gasteiger partial charge in [-0.25, -0.2) is 9.37 Å². The maximum absolute atomic E-state index is 13.0. The van der Waals surface area contributed by atoms with Crippen LogP contribution in [0.15, 0.2) is 35.8 Å². The maximum atomic E-state index is 13.0. The summed E-state index contributed by atoms with van der Waals surface area (Å²) in [4.78, 5) is 30.3. The van der Waals surface area contributed by atoms with Crippen LogP contribution in [0, 0.1) is 11.7 Å². The Morgan fingerprint density at radius 3 is 2.58 bits per heavy atom. The van der Waals surface area contributed by atoms with Gasteiger partial charge in [0, 0.05) is 31.6 Å². The van der Waals surface area contributed by atoms with Crippen molar-refractivity contribution in [3.63, 3.8) is 0 Å². The van der Waals surface area contributed by atoms with Crippen LogP contribution in [-0.4, -0.2) is 34.8 Å². The molecule has 1 aromatic heterocycles. The molecule has 1 aliphatic heterocycles. The summed E-state index contributed by atoms with van der Waals surface area (Å²) in [5, 5.41) is 5.83. The monoisotopic (exact) mass is 375 g/mol. The highest BCUT2D eigenvalue weighted by molar-refractivity contribution is 7.09. The summed E-state index contributed by atoms with van der Waals surface area (Å²) in [6, 6.07) is 5.95. The predicted octanol–water partition coefficient (Wildman–Crippen LogP) is 2.94. The first-order chi connectivity index (χ1) is 12.5. The Morgan fingerprint density at radius 1 is 1.31 bits per heavy atom. The minimum absolute atomic E-state index is 0.0559. The first kappa shape index (κ1) is 18.5. The number of amides is 2. The molecule has 7 heteroatoms. The number of hydrogen-bond donors (Lipinski definition) is 1. The molecule has 1 saturated heterocycles. The predicted molar refractivity (Wildman–Crippen MR) is 98.1 cm³/mol. The quantitative estimate of drug-likeness (QED) is 0.874. The second-order valence-electron chi connectivity index (χ2n) is 6.57. The van der Waals surface area contributed by atoms with Gasteiger partial charge in [-0.1, -0.05) is 12.1 Å². The van der Waals surface area contributed by atoms with Crippen LogP contribution in [0.2, 0.25) is 0 Å². The van der Waals surface area contributed by atoms with Crippen LogP contribution in [0.5, 0.6) is 0 Å². The van der Waals surface area contributed by atoms with Gasteiger partial charge in [0.1, 0.15) is 10.8 Å². The van der Waals surface area contributed by atoms with Gasteiger partial charge in [-0.2, -0.15) is 0 Å². The molecule has 1 aromatic carbocycles. The number of rotatable bonds is 5. The van der Waals surface area contributed by atoms with E-state index in [2.05, 4.69) is 10.3 Å². The van der Waals surface area contributed by atoms with Crippen LogP contribution < -0.4 is 5.32 Å². The molecular formula is C19H22FN3O2S. The van der Waals surface area contributed by atoms with Crippen molar-refractivity contribution in [2.24, 2.45) is 5.92 Å². The molecule has 1 unspecified atom stereocenters. The van der Waals surface area contributed by atoms with Crippen molar-refractivity contribution in [3.05, 3.63) is 52.2 Å². The minimum Gasteiger partial charge on any atom is -0.347 e. The van der Waals surface area contributed by atoms with Gasteiger partial charge in [-0.15, -0.1) is 11.3 Å². The molecule has 0 aliphatic carbocycles. The summed E-state index contributed by atoms with van der Waals surface area (Å²) in [7, 11) is 0. The third-order valence-corrected chi connectivity index (χ3v) is 5.57. The average Bonchev–Trinajstić information content (AvgIpc) is 3.16. The number of nitrogens with zero attached hydrogens (tertiary/aromatic N) is 2. The lowest BCUT2D eigenvalue weighted by atomic mass is 9.89. The topological polar surface area (TPSA) is 62.3 Å². The van der Waals surface area contributed by atoms with Crippen molar-refractivity contribution in [1.82, 2.24) is 15.2 Å². The van der Waals surface area contributed by atoms with Crippen molar-refractivity contribution in [1.29, 1.82) is 0 Å². The van der Waals surface area contributed by atoms with Gasteiger partial charge in [0.2, 0.25) is 11.8 Å². The summed E-state index contributed by atoms with van der Waals surface area (Å²) in [5.74, 6) is -0.0477. The van der Waals surface area contributed by atoms with Crippen molar-refractivity contribution in [2.45, 2.75) is 32.2 Å². The molecule has 1 N–H and O–H groups in total. The molecule has 2 aromatic rings. The second kappa shape index (κ2) is 8.40. The average molecular weight is 375 g/mol. The zero-order valence-corrected chi connectivity index (χ0v) is 15.5. The van der Waals surface area contributed by atoms with E-state index in [0.717, 1.165) is 23.4 Å². The van der Waals surface area contributed by atoms with Crippen LogP contribution in [0.4, 0.5) is 4.39 Å². The third kappa shape index (κ3) is 4.66. The Labute approximate surface area is 156 Å². The van der Waals surface area contributed by atoms with Crippen LogP contribution in [-0.2, 0) is 16.0 Å². The number of likely N-dealkylation sites (tertiary alicyclic amines) is 1. The van der Waals surface area contributed by atoms with Crippen molar-refractivity contribution in [3.8, 4) is 0 Å². The van der Waals surface area contributed by atoms with Crippen molar-refractivity contribution in [2.75, 3.05) is 13.1 Å². The highest BCUT2D eigenvalue weighted by Gasteiger charge is 2.31. The number of aromatic nitrogens is 1. The molecule has 1 fully saturated rings. The van der Waals surface area contributed by atoms with E-state index in [-0.39, 0.29) is 36.0 Å². The van der Waals surface area contributed by atoms with Gasteiger partial charge in [-0.05, 0) is 36.5 Å². The molecule has 1 aliphatic rings. The molecule has 138 valence electrons. The summed E-state index contributed by atoms with van der Waals surface area (Å²) >= 11 is 1.54. The molecule has 0 saturated carbocycles. The minimum atomic E-state index is -0.298. The lowest BCUT2D eigenvalue weighted by Gasteiger charge is -2.35. The fourth-order valence-corrected chi connectivity index (χ4v) is 4.14. The Bertz CT molecular complexity index is 741. The highest BCUT2D eigenvalue weighted by atomic mass is 32.1. The number of hydrogen-bond acceptors (Lipinski definition) is 4. The molecule has 0 bridgehead atoms. The molecule has 1 atom stereocenters. The fraction of sp³-hybridized carbons (Fsp3) is 0.421. The number of benzene rings is 1. The van der Waals surface area contributed by atoms with Gasteiger partial charge in [-0.3, -0.25) is 9.59 Å². The smallest absolute Gasteiger partial charge is 0.226 e. The van der Waals surface area contributed by atoms with E-state index in [4.69, 9.17) is 0 Å². The van der Waals surface area contributed by atoms with Crippen LogP contribution >= 0.6 is 11.3 Å². The highest BCUT2D eigenvalue weighted by Crippen LogP contribution is 2.32. The largest absolute Gasteiger partial charge is 0.347 e. The Morgan fingerprint density at radius 2 is 2.00 bits per heavy atom. The number of nitrogens with one attached hydrogen (secondary N) is 1. The van der Waals surface area contributed by atoms with Crippen molar-refractivity contribution >= 4 is 23.2 Å². The number of thiazole rings is 1. The van der Waals surface area contributed by atoms with E-state index in [9.17, 15) is 14.0 Å². The van der Waals surface area contributed by atoms with E-state index in [0.29, 0.717) is 13.1 Å². The van der Waals surface area contributed by atoms with Crippen molar-refractivity contribution < 1.29 is 14.0 Å². The summed E-state index contributed by atoms with van der Waals surface area (Å²) in [5.41, 5.74) is 0.817. The lowest BCUT2D eigenvalue weighted by molar-refractivity contribution is -0.132. The summed E-state index contributed by atoms with van der Waals surface area (Å²) in [6.45, 7) is 2.83. The standard InChI is InChI=1S/C19H22FN3O2S/c1-13(24)22-18(19-21-8-11-26-19)15-6-9-23(10-7-15)17(25)12-14-2-4-16(20)5-3-14/h2-5,8,11,15,18H,6-7,9-10,12H2,1H3,(H,22,24). The number of carbonyl (C=O) groups excluding carboxylic acids is 2. The molecule has 3 rings (SSSR count). The lowest BCUT2D eigenvalue weighted by Crippen LogP contribution is -2.43. The first-order valence-electron chi connectivity index (χ1n) is 8.71.